The van der Waals surface area contributed by atoms with Crippen molar-refractivity contribution in [1.29, 1.82) is 0 Å². The molecule has 1 spiro atoms. The summed E-state index contributed by atoms with van der Waals surface area (Å²) in [5, 5.41) is 11.1. The Morgan fingerprint density at radius 3 is 2.21 bits per heavy atom. The minimum Gasteiger partial charge on any atom is -0.541 e. The fourth-order valence-electron chi connectivity index (χ4n) is 3.56. The van der Waals surface area contributed by atoms with Crippen LogP contribution in [0.25, 0.3) is 0 Å². The average Bonchev–Trinajstić information content (AvgIpc) is 3.03. The third-order valence-corrected chi connectivity index (χ3v) is 6.07. The molecule has 8 heteroatoms. The Morgan fingerprint density at radius 2 is 1.75 bits per heavy atom. The van der Waals surface area contributed by atoms with Gasteiger partial charge in [0.25, 0.3) is 5.92 Å². The summed E-state index contributed by atoms with van der Waals surface area (Å²) in [6.45, 7) is 3.96. The normalized spacial score (nSPS) is 21.0. The zero-order chi connectivity index (χ0) is 17.9. The molecule has 1 saturated heterocycles. The molecular weight excluding hydrogens is 386 g/mol. The van der Waals surface area contributed by atoms with Crippen LogP contribution in [0, 0.1) is 19.3 Å². The van der Waals surface area contributed by atoms with E-state index in [4.69, 9.17) is 0 Å². The van der Waals surface area contributed by atoms with Crippen LogP contribution in [0.3, 0.4) is 0 Å². The number of piperidine rings is 1. The SMILES string of the molecule is Cc1nc(C)c(C(=O)C(=O)[O-])c(N2CCC3(CC2)CC3(F)F)c1Br. The molecule has 0 N–H and O–H groups in total. The van der Waals surface area contributed by atoms with Crippen molar-refractivity contribution in [1.82, 2.24) is 4.98 Å². The Hall–Kier alpha value is -1.57. The van der Waals surface area contributed by atoms with Gasteiger partial charge < -0.3 is 14.8 Å². The molecule has 24 heavy (non-hydrogen) atoms. The number of pyridine rings is 1. The van der Waals surface area contributed by atoms with Crippen LogP contribution < -0.4 is 10.0 Å². The summed E-state index contributed by atoms with van der Waals surface area (Å²) in [5.41, 5.74) is 0.344. The van der Waals surface area contributed by atoms with Gasteiger partial charge in [0.1, 0.15) is 5.97 Å². The standard InChI is InChI=1S/C16H17BrF2N2O3/c1-8-10(13(22)14(23)24)12(11(17)9(2)20-8)21-5-3-15(4-6-21)7-16(15,18)19/h3-7H2,1-2H3,(H,23,24)/p-1. The van der Waals surface area contributed by atoms with E-state index in [1.165, 1.54) is 0 Å². The average molecular weight is 402 g/mol. The monoisotopic (exact) mass is 401 g/mol. The van der Waals surface area contributed by atoms with Gasteiger partial charge >= 0.3 is 0 Å². The lowest BCUT2D eigenvalue weighted by Gasteiger charge is -2.36. The van der Waals surface area contributed by atoms with Gasteiger partial charge in [-0.05, 0) is 42.6 Å². The molecule has 3 rings (SSSR count). The number of ketones is 1. The molecule has 0 atom stereocenters. The molecule has 1 aliphatic heterocycles. The molecule has 1 aromatic rings. The summed E-state index contributed by atoms with van der Waals surface area (Å²) >= 11 is 3.37. The Bertz CT molecular complexity index is 743. The number of Topliss-reactive ketones (excluding diaryl/α,β-unsaturated/α-hetero) is 1. The third-order valence-electron chi connectivity index (χ3n) is 5.12. The zero-order valence-corrected chi connectivity index (χ0v) is 14.9. The molecule has 130 valence electrons. The van der Waals surface area contributed by atoms with E-state index >= 15 is 0 Å². The van der Waals surface area contributed by atoms with Crippen molar-refractivity contribution in [3.05, 3.63) is 21.4 Å². The topological polar surface area (TPSA) is 73.3 Å². The molecular formula is C16H16BrF2N2O3-. The van der Waals surface area contributed by atoms with Crippen LogP contribution in [-0.2, 0) is 4.79 Å². The van der Waals surface area contributed by atoms with Crippen LogP contribution in [0.5, 0.6) is 0 Å². The maximum atomic E-state index is 13.5. The van der Waals surface area contributed by atoms with Gasteiger partial charge in [-0.1, -0.05) is 0 Å². The number of hydrogen-bond acceptors (Lipinski definition) is 5. The summed E-state index contributed by atoms with van der Waals surface area (Å²) in [7, 11) is 0. The first kappa shape index (κ1) is 17.3. The molecule has 0 unspecified atom stereocenters. The van der Waals surface area contributed by atoms with Crippen LogP contribution in [-0.4, -0.2) is 35.7 Å². The minimum atomic E-state index is -2.61. The van der Waals surface area contributed by atoms with Gasteiger partial charge in [0.2, 0.25) is 5.78 Å². The fourth-order valence-corrected chi connectivity index (χ4v) is 4.10. The predicted octanol–water partition coefficient (Wildman–Crippen LogP) is 2.02. The molecule has 5 nitrogen and oxygen atoms in total. The lowest BCUT2D eigenvalue weighted by atomic mass is 9.91. The Balaban J connectivity index is 1.99. The van der Waals surface area contributed by atoms with Gasteiger partial charge in [-0.3, -0.25) is 9.78 Å². The van der Waals surface area contributed by atoms with Crippen LogP contribution in [0.1, 0.15) is 41.0 Å². The third kappa shape index (κ3) is 2.51. The van der Waals surface area contributed by atoms with Crippen molar-refractivity contribution in [3.8, 4) is 0 Å². The van der Waals surface area contributed by atoms with Crippen molar-refractivity contribution in [3.63, 3.8) is 0 Å². The molecule has 1 aromatic heterocycles. The number of aromatic nitrogens is 1. The molecule has 0 aromatic carbocycles. The lowest BCUT2D eigenvalue weighted by molar-refractivity contribution is -0.296. The highest BCUT2D eigenvalue weighted by Crippen LogP contribution is 2.66. The van der Waals surface area contributed by atoms with Crippen molar-refractivity contribution >= 4 is 33.4 Å². The number of carboxylic acid groups (broad SMARTS) is 1. The molecule has 1 saturated carbocycles. The quantitative estimate of drug-likeness (QED) is 0.572. The second-order valence-corrected chi connectivity index (χ2v) is 7.38. The maximum absolute atomic E-state index is 13.5. The van der Waals surface area contributed by atoms with Gasteiger partial charge in [-0.2, -0.15) is 0 Å². The maximum Gasteiger partial charge on any atom is 0.254 e. The first-order valence-electron chi connectivity index (χ1n) is 7.65. The number of hydrogen-bond donors (Lipinski definition) is 0. The van der Waals surface area contributed by atoms with Gasteiger partial charge in [0.05, 0.1) is 27.1 Å². The van der Waals surface area contributed by atoms with Crippen LogP contribution in [0.15, 0.2) is 4.47 Å². The summed E-state index contributed by atoms with van der Waals surface area (Å²) in [5.74, 6) is -5.56. The first-order chi connectivity index (χ1) is 11.1. The van der Waals surface area contributed by atoms with Crippen LogP contribution in [0.4, 0.5) is 14.5 Å². The predicted molar refractivity (Wildman–Crippen MR) is 84.2 cm³/mol. The number of halogens is 3. The Labute approximate surface area is 146 Å². The largest absolute Gasteiger partial charge is 0.541 e. The summed E-state index contributed by atoms with van der Waals surface area (Å²) in [4.78, 5) is 29.1. The number of carbonyl (C=O) groups is 2. The summed E-state index contributed by atoms with van der Waals surface area (Å²) < 4.78 is 27.6. The van der Waals surface area contributed by atoms with Gasteiger partial charge in [0.15, 0.2) is 0 Å². The number of carboxylic acids is 1. The van der Waals surface area contributed by atoms with Crippen LogP contribution in [0.2, 0.25) is 0 Å². The van der Waals surface area contributed by atoms with E-state index in [9.17, 15) is 23.5 Å². The van der Waals surface area contributed by atoms with E-state index in [0.717, 1.165) is 0 Å². The first-order valence-corrected chi connectivity index (χ1v) is 8.44. The summed E-state index contributed by atoms with van der Waals surface area (Å²) in [6, 6.07) is 0. The van der Waals surface area contributed by atoms with Crippen molar-refractivity contribution in [2.75, 3.05) is 18.0 Å². The second kappa shape index (κ2) is 5.47. The van der Waals surface area contributed by atoms with Crippen molar-refractivity contribution < 1.29 is 23.5 Å². The molecule has 0 radical (unpaired) electrons. The number of aliphatic carboxylic acids is 1. The molecule has 2 fully saturated rings. The number of alkyl halides is 2. The van der Waals surface area contributed by atoms with E-state index in [0.29, 0.717) is 41.8 Å². The van der Waals surface area contributed by atoms with E-state index < -0.39 is 23.1 Å². The van der Waals surface area contributed by atoms with E-state index in [2.05, 4.69) is 20.9 Å². The van der Waals surface area contributed by atoms with Gasteiger partial charge in [-0.25, -0.2) is 8.78 Å². The zero-order valence-electron chi connectivity index (χ0n) is 13.3. The lowest BCUT2D eigenvalue weighted by Crippen LogP contribution is -2.39. The van der Waals surface area contributed by atoms with E-state index in [-0.39, 0.29) is 17.7 Å². The van der Waals surface area contributed by atoms with E-state index in [1.807, 2.05) is 0 Å². The van der Waals surface area contributed by atoms with E-state index in [1.54, 1.807) is 18.7 Å². The van der Waals surface area contributed by atoms with Gasteiger partial charge in [-0.15, -0.1) is 0 Å². The molecule has 0 amide bonds. The van der Waals surface area contributed by atoms with Crippen molar-refractivity contribution in [2.45, 2.75) is 39.0 Å². The molecule has 2 aliphatic rings. The fraction of sp³-hybridized carbons (Fsp3) is 0.562. The van der Waals surface area contributed by atoms with Crippen LogP contribution >= 0.6 is 15.9 Å². The Kier molecular flexibility index (Phi) is 3.94. The minimum absolute atomic E-state index is 0.0361. The van der Waals surface area contributed by atoms with Crippen molar-refractivity contribution in [2.24, 2.45) is 5.41 Å². The Morgan fingerprint density at radius 1 is 1.21 bits per heavy atom. The second-order valence-electron chi connectivity index (χ2n) is 6.59. The smallest absolute Gasteiger partial charge is 0.254 e. The number of rotatable bonds is 3. The number of anilines is 1. The molecule has 0 bridgehead atoms. The molecule has 1 aliphatic carbocycles. The highest BCUT2D eigenvalue weighted by Gasteiger charge is 2.70. The highest BCUT2D eigenvalue weighted by atomic mass is 79.9. The van der Waals surface area contributed by atoms with Gasteiger partial charge in [0, 0.05) is 24.9 Å². The summed E-state index contributed by atoms with van der Waals surface area (Å²) in [6.07, 6.45) is 0.534. The molecule has 2 heterocycles. The number of carbonyl (C=O) groups excluding carboxylic acids is 2. The highest BCUT2D eigenvalue weighted by molar-refractivity contribution is 9.10. The number of nitrogens with zero attached hydrogens (tertiary/aromatic N) is 2. The number of aryl methyl sites for hydroxylation is 2.